The number of thiophene rings is 1. The maximum atomic E-state index is 9.92. The van der Waals surface area contributed by atoms with Crippen LogP contribution in [0.25, 0.3) is 41.7 Å². The Morgan fingerprint density at radius 3 is 1.48 bits per heavy atom. The predicted molar refractivity (Wildman–Crippen MR) is 97.7 cm³/mol. The highest BCUT2D eigenvalue weighted by atomic mass is 32.1. The lowest BCUT2D eigenvalue weighted by molar-refractivity contribution is 0.475. The third-order valence-corrected chi connectivity index (χ3v) is 5.52. The first-order chi connectivity index (χ1) is 11.2. The van der Waals surface area contributed by atoms with E-state index in [9.17, 15) is 10.2 Å². The van der Waals surface area contributed by atoms with E-state index >= 15 is 0 Å². The molecule has 0 radical (unpaired) electrons. The average Bonchev–Trinajstić information content (AvgIpc) is 2.94. The molecule has 110 valence electrons. The van der Waals surface area contributed by atoms with E-state index in [0.717, 1.165) is 32.3 Å². The van der Waals surface area contributed by atoms with Gasteiger partial charge < -0.3 is 10.2 Å². The summed E-state index contributed by atoms with van der Waals surface area (Å²) in [5.41, 5.74) is 0. The van der Waals surface area contributed by atoms with Gasteiger partial charge in [-0.1, -0.05) is 24.3 Å². The summed E-state index contributed by atoms with van der Waals surface area (Å²) in [5.74, 6) is 0.542. The summed E-state index contributed by atoms with van der Waals surface area (Å²) in [6.07, 6.45) is 0. The van der Waals surface area contributed by atoms with E-state index in [1.807, 2.05) is 24.3 Å². The van der Waals surface area contributed by atoms with Gasteiger partial charge in [-0.3, -0.25) is 0 Å². The molecule has 1 heterocycles. The number of phenolic OH excluding ortho intramolecular Hbond substituents is 2. The average molecular weight is 316 g/mol. The minimum atomic E-state index is 0.271. The quantitative estimate of drug-likeness (QED) is 0.380. The summed E-state index contributed by atoms with van der Waals surface area (Å²) in [5, 5.41) is 26.4. The largest absolute Gasteiger partial charge is 0.508 e. The van der Waals surface area contributed by atoms with E-state index < -0.39 is 0 Å². The number of hydrogen-bond donors (Lipinski definition) is 2. The first-order valence-corrected chi connectivity index (χ1v) is 8.22. The highest BCUT2D eigenvalue weighted by molar-refractivity contribution is 7.26. The number of fused-ring (bicyclic) bond motifs is 7. The Labute approximate surface area is 135 Å². The van der Waals surface area contributed by atoms with E-state index in [0.29, 0.717) is 0 Å². The second-order valence-corrected chi connectivity index (χ2v) is 6.87. The van der Waals surface area contributed by atoms with Gasteiger partial charge in [0, 0.05) is 20.2 Å². The molecule has 3 heteroatoms. The molecule has 0 spiro atoms. The van der Waals surface area contributed by atoms with Crippen molar-refractivity contribution < 1.29 is 10.2 Å². The fraction of sp³-hybridized carbons (Fsp3) is 0. The molecule has 5 rings (SSSR count). The minimum absolute atomic E-state index is 0.271. The highest BCUT2D eigenvalue weighted by Crippen LogP contribution is 2.43. The molecule has 0 bridgehead atoms. The molecule has 0 saturated heterocycles. The highest BCUT2D eigenvalue weighted by Gasteiger charge is 2.12. The zero-order valence-corrected chi connectivity index (χ0v) is 12.9. The van der Waals surface area contributed by atoms with Gasteiger partial charge in [-0.15, -0.1) is 11.3 Å². The van der Waals surface area contributed by atoms with Gasteiger partial charge in [-0.25, -0.2) is 0 Å². The van der Waals surface area contributed by atoms with Gasteiger partial charge in [-0.05, 0) is 57.9 Å². The molecule has 2 N–H and O–H groups in total. The molecule has 1 aromatic heterocycles. The van der Waals surface area contributed by atoms with Gasteiger partial charge in [0.15, 0.2) is 0 Å². The molecule has 4 aromatic carbocycles. The first kappa shape index (κ1) is 12.7. The van der Waals surface area contributed by atoms with Crippen LogP contribution in [-0.2, 0) is 0 Å². The Morgan fingerprint density at radius 1 is 0.565 bits per heavy atom. The van der Waals surface area contributed by atoms with E-state index in [2.05, 4.69) is 24.3 Å². The van der Waals surface area contributed by atoms with Gasteiger partial charge >= 0.3 is 0 Å². The molecule has 0 fully saturated rings. The molecule has 2 nitrogen and oxygen atoms in total. The van der Waals surface area contributed by atoms with Gasteiger partial charge in [0.1, 0.15) is 11.5 Å². The SMILES string of the molecule is Oc1ccc2ccc3sc4ccc5ccc(O)cc5c4c3c2c1. The van der Waals surface area contributed by atoms with Crippen LogP contribution in [0.5, 0.6) is 11.5 Å². The van der Waals surface area contributed by atoms with Crippen molar-refractivity contribution in [1.29, 1.82) is 0 Å². The number of benzene rings is 4. The lowest BCUT2D eigenvalue weighted by Crippen LogP contribution is -1.77. The monoisotopic (exact) mass is 316 g/mol. The van der Waals surface area contributed by atoms with Gasteiger partial charge in [0.25, 0.3) is 0 Å². The number of phenols is 2. The molecule has 5 aromatic rings. The third-order valence-electron chi connectivity index (χ3n) is 4.40. The lowest BCUT2D eigenvalue weighted by atomic mass is 9.99. The third kappa shape index (κ3) is 1.74. The van der Waals surface area contributed by atoms with Crippen LogP contribution in [0.2, 0.25) is 0 Å². The fourth-order valence-corrected chi connectivity index (χ4v) is 4.52. The van der Waals surface area contributed by atoms with Gasteiger partial charge in [0.05, 0.1) is 0 Å². The molecule has 0 aliphatic carbocycles. The van der Waals surface area contributed by atoms with Crippen molar-refractivity contribution >= 4 is 53.1 Å². The molecular weight excluding hydrogens is 304 g/mol. The topological polar surface area (TPSA) is 40.5 Å². The van der Waals surface area contributed by atoms with Crippen molar-refractivity contribution in [1.82, 2.24) is 0 Å². The van der Waals surface area contributed by atoms with E-state index in [1.165, 1.54) is 9.40 Å². The first-order valence-electron chi connectivity index (χ1n) is 7.40. The maximum Gasteiger partial charge on any atom is 0.116 e. The second-order valence-electron chi connectivity index (χ2n) is 5.79. The van der Waals surface area contributed by atoms with Gasteiger partial charge in [-0.2, -0.15) is 0 Å². The van der Waals surface area contributed by atoms with Crippen LogP contribution in [0.3, 0.4) is 0 Å². The summed E-state index contributed by atoms with van der Waals surface area (Å²) in [6.45, 7) is 0. The fourth-order valence-electron chi connectivity index (χ4n) is 3.38. The molecule has 0 amide bonds. The van der Waals surface area contributed by atoms with Crippen molar-refractivity contribution in [3.8, 4) is 11.5 Å². The molecular formula is C20H12O2S. The molecule has 0 saturated carbocycles. The Kier molecular flexibility index (Phi) is 2.42. The predicted octanol–water partition coefficient (Wildman–Crippen LogP) is 5.77. The van der Waals surface area contributed by atoms with Crippen LogP contribution >= 0.6 is 11.3 Å². The summed E-state index contributed by atoms with van der Waals surface area (Å²) in [7, 11) is 0. The standard InChI is InChI=1S/C20H12O2S/c21-13-5-1-11-3-7-17-19(15(11)9-13)20-16-10-14(22)6-2-12(16)4-8-18(20)23-17/h1-10,21-22H. The van der Waals surface area contributed by atoms with Crippen LogP contribution in [0.4, 0.5) is 0 Å². The van der Waals surface area contributed by atoms with Crippen molar-refractivity contribution in [3.63, 3.8) is 0 Å². The maximum absolute atomic E-state index is 9.92. The van der Waals surface area contributed by atoms with Crippen molar-refractivity contribution in [2.24, 2.45) is 0 Å². The Morgan fingerprint density at radius 2 is 1.00 bits per heavy atom. The summed E-state index contributed by atoms with van der Waals surface area (Å²) < 4.78 is 2.38. The Balaban J connectivity index is 2.14. The van der Waals surface area contributed by atoms with Crippen LogP contribution in [-0.4, -0.2) is 10.2 Å². The van der Waals surface area contributed by atoms with E-state index in [1.54, 1.807) is 23.5 Å². The molecule has 0 unspecified atom stereocenters. The number of hydrogen-bond acceptors (Lipinski definition) is 3. The van der Waals surface area contributed by atoms with Crippen LogP contribution < -0.4 is 0 Å². The van der Waals surface area contributed by atoms with Crippen LogP contribution in [0, 0.1) is 0 Å². The van der Waals surface area contributed by atoms with E-state index in [4.69, 9.17) is 0 Å². The zero-order valence-electron chi connectivity index (χ0n) is 12.1. The smallest absolute Gasteiger partial charge is 0.116 e. The van der Waals surface area contributed by atoms with E-state index in [-0.39, 0.29) is 11.5 Å². The molecule has 0 aliphatic heterocycles. The normalized spacial score (nSPS) is 11.8. The van der Waals surface area contributed by atoms with Gasteiger partial charge in [0.2, 0.25) is 0 Å². The Hall–Kier alpha value is -2.78. The number of aromatic hydroxyl groups is 2. The van der Waals surface area contributed by atoms with Crippen LogP contribution in [0.15, 0.2) is 60.7 Å². The zero-order chi connectivity index (χ0) is 15.6. The summed E-state index contributed by atoms with van der Waals surface area (Å²) in [6, 6.07) is 19.4. The second kappa shape index (κ2) is 4.37. The Bertz CT molecular complexity index is 1140. The van der Waals surface area contributed by atoms with Crippen molar-refractivity contribution in [2.45, 2.75) is 0 Å². The molecule has 0 atom stereocenters. The number of rotatable bonds is 0. The van der Waals surface area contributed by atoms with Crippen molar-refractivity contribution in [3.05, 3.63) is 60.7 Å². The van der Waals surface area contributed by atoms with Crippen molar-refractivity contribution in [2.75, 3.05) is 0 Å². The van der Waals surface area contributed by atoms with Crippen LogP contribution in [0.1, 0.15) is 0 Å². The molecule has 23 heavy (non-hydrogen) atoms. The summed E-state index contributed by atoms with van der Waals surface area (Å²) in [4.78, 5) is 0. The molecule has 0 aliphatic rings. The minimum Gasteiger partial charge on any atom is -0.508 e. The summed E-state index contributed by atoms with van der Waals surface area (Å²) >= 11 is 1.74. The lowest BCUT2D eigenvalue weighted by Gasteiger charge is -2.05.